The zero-order valence-electron chi connectivity index (χ0n) is 17.7. The van der Waals surface area contributed by atoms with Crippen molar-refractivity contribution >= 4 is 27.8 Å². The minimum Gasteiger partial charge on any atom is -0.361 e. The molecule has 1 spiro atoms. The van der Waals surface area contributed by atoms with Gasteiger partial charge in [-0.05, 0) is 19.9 Å². The van der Waals surface area contributed by atoms with E-state index in [0.29, 0.717) is 38.7 Å². The Balaban J connectivity index is 1.53. The molecule has 3 saturated heterocycles. The number of rotatable bonds is 4. The Morgan fingerprint density at radius 3 is 2.52 bits per heavy atom. The van der Waals surface area contributed by atoms with E-state index < -0.39 is 32.7 Å². The standard InChI is InChI=1S/C19H28N6O5S/c1-14(2)31(28,29)25-12-15(19(13-25)17(27)20-6-11-30-19)16(26)23-7-9-24(10-8-23)18-21-4-3-5-22-18/h3-5,14-15H,6-13H2,1-2H3,(H,20,27)/t15-,19-/m1/s1. The van der Waals surface area contributed by atoms with Crippen molar-refractivity contribution in [3.8, 4) is 0 Å². The molecule has 0 aliphatic carbocycles. The Labute approximate surface area is 181 Å². The summed E-state index contributed by atoms with van der Waals surface area (Å²) < 4.78 is 32.7. The fourth-order valence-electron chi connectivity index (χ4n) is 4.35. The van der Waals surface area contributed by atoms with Crippen LogP contribution in [0.1, 0.15) is 13.8 Å². The van der Waals surface area contributed by atoms with Gasteiger partial charge in [-0.25, -0.2) is 18.4 Å². The number of sulfonamides is 1. The van der Waals surface area contributed by atoms with Gasteiger partial charge in [-0.1, -0.05) is 0 Å². The molecule has 0 saturated carbocycles. The molecule has 4 rings (SSSR count). The highest BCUT2D eigenvalue weighted by Gasteiger charge is 2.60. The molecular weight excluding hydrogens is 424 g/mol. The van der Waals surface area contributed by atoms with Crippen LogP contribution in [0.3, 0.4) is 0 Å². The van der Waals surface area contributed by atoms with Crippen molar-refractivity contribution in [1.82, 2.24) is 24.5 Å². The van der Waals surface area contributed by atoms with Crippen LogP contribution in [0.4, 0.5) is 5.95 Å². The molecule has 170 valence electrons. The lowest BCUT2D eigenvalue weighted by Gasteiger charge is -2.40. The largest absolute Gasteiger partial charge is 0.361 e. The smallest absolute Gasteiger partial charge is 0.254 e. The molecule has 0 radical (unpaired) electrons. The minimum absolute atomic E-state index is 0.0607. The van der Waals surface area contributed by atoms with Gasteiger partial charge in [0.2, 0.25) is 21.9 Å². The van der Waals surface area contributed by atoms with Crippen LogP contribution in [0, 0.1) is 5.92 Å². The van der Waals surface area contributed by atoms with Crippen molar-refractivity contribution in [1.29, 1.82) is 0 Å². The van der Waals surface area contributed by atoms with Crippen molar-refractivity contribution in [2.24, 2.45) is 5.92 Å². The van der Waals surface area contributed by atoms with E-state index >= 15 is 0 Å². The summed E-state index contributed by atoms with van der Waals surface area (Å²) in [5, 5.41) is 2.10. The third-order valence-electron chi connectivity index (χ3n) is 6.17. The van der Waals surface area contributed by atoms with Crippen molar-refractivity contribution in [2.45, 2.75) is 24.7 Å². The molecule has 1 aromatic heterocycles. The second kappa shape index (κ2) is 8.32. The number of hydrogen-bond acceptors (Lipinski definition) is 8. The molecule has 31 heavy (non-hydrogen) atoms. The number of hydrogen-bond donors (Lipinski definition) is 1. The molecule has 2 atom stereocenters. The third kappa shape index (κ3) is 3.87. The summed E-state index contributed by atoms with van der Waals surface area (Å²) in [5.41, 5.74) is -1.49. The summed E-state index contributed by atoms with van der Waals surface area (Å²) in [7, 11) is -3.64. The average Bonchev–Trinajstić information content (AvgIpc) is 3.17. The first-order valence-electron chi connectivity index (χ1n) is 10.5. The summed E-state index contributed by atoms with van der Waals surface area (Å²) in [4.78, 5) is 38.5. The fourth-order valence-corrected chi connectivity index (χ4v) is 5.67. The monoisotopic (exact) mass is 452 g/mol. The molecule has 1 N–H and O–H groups in total. The van der Waals surface area contributed by atoms with E-state index in [1.54, 1.807) is 37.2 Å². The van der Waals surface area contributed by atoms with E-state index in [4.69, 9.17) is 4.74 Å². The van der Waals surface area contributed by atoms with Gasteiger partial charge < -0.3 is 19.9 Å². The number of nitrogens with zero attached hydrogens (tertiary/aromatic N) is 5. The second-order valence-corrected chi connectivity index (χ2v) is 10.8. The van der Waals surface area contributed by atoms with Gasteiger partial charge in [0.1, 0.15) is 0 Å². The molecule has 1 aromatic rings. The first-order chi connectivity index (χ1) is 14.8. The van der Waals surface area contributed by atoms with E-state index in [2.05, 4.69) is 15.3 Å². The maximum absolute atomic E-state index is 13.5. The van der Waals surface area contributed by atoms with Gasteiger partial charge in [-0.2, -0.15) is 4.31 Å². The second-order valence-electron chi connectivity index (χ2n) is 8.29. The van der Waals surface area contributed by atoms with Crippen molar-refractivity contribution in [2.75, 3.05) is 57.3 Å². The van der Waals surface area contributed by atoms with Crippen LogP contribution in [-0.4, -0.2) is 103 Å². The van der Waals surface area contributed by atoms with E-state index in [-0.39, 0.29) is 25.6 Å². The van der Waals surface area contributed by atoms with Crippen molar-refractivity contribution in [3.63, 3.8) is 0 Å². The zero-order chi connectivity index (χ0) is 22.2. The summed E-state index contributed by atoms with van der Waals surface area (Å²) in [6.45, 7) is 5.52. The van der Waals surface area contributed by atoms with E-state index in [9.17, 15) is 18.0 Å². The number of carbonyl (C=O) groups excluding carboxylic acids is 2. The predicted octanol–water partition coefficient (Wildman–Crippen LogP) is -1.32. The Kier molecular flexibility index (Phi) is 5.88. The third-order valence-corrected chi connectivity index (χ3v) is 8.36. The molecule has 11 nitrogen and oxygen atoms in total. The lowest BCUT2D eigenvalue weighted by molar-refractivity contribution is -0.166. The number of anilines is 1. The van der Waals surface area contributed by atoms with Crippen LogP contribution in [-0.2, 0) is 24.3 Å². The highest BCUT2D eigenvalue weighted by Crippen LogP contribution is 2.37. The van der Waals surface area contributed by atoms with Gasteiger partial charge in [0.05, 0.1) is 24.3 Å². The maximum Gasteiger partial charge on any atom is 0.254 e. The van der Waals surface area contributed by atoms with Crippen LogP contribution in [0.2, 0.25) is 0 Å². The van der Waals surface area contributed by atoms with Crippen LogP contribution in [0.25, 0.3) is 0 Å². The quantitative estimate of drug-likeness (QED) is 0.596. The fraction of sp³-hybridized carbons (Fsp3) is 0.684. The molecule has 0 unspecified atom stereocenters. The van der Waals surface area contributed by atoms with E-state index in [1.807, 2.05) is 4.90 Å². The van der Waals surface area contributed by atoms with Gasteiger partial charge in [-0.3, -0.25) is 9.59 Å². The van der Waals surface area contributed by atoms with E-state index in [1.165, 1.54) is 4.31 Å². The number of amides is 2. The molecule has 12 heteroatoms. The molecular formula is C19H28N6O5S. The molecule has 3 fully saturated rings. The van der Waals surface area contributed by atoms with Gasteiger partial charge in [0, 0.05) is 51.7 Å². The summed E-state index contributed by atoms with van der Waals surface area (Å²) in [5.74, 6) is -0.959. The maximum atomic E-state index is 13.5. The van der Waals surface area contributed by atoms with Gasteiger partial charge in [-0.15, -0.1) is 0 Å². The van der Waals surface area contributed by atoms with Crippen LogP contribution in [0.15, 0.2) is 18.5 Å². The summed E-state index contributed by atoms with van der Waals surface area (Å²) >= 11 is 0. The number of morpholine rings is 1. The Bertz CT molecular complexity index is 934. The topological polar surface area (TPSA) is 125 Å². The number of piperazine rings is 1. The molecule has 4 heterocycles. The predicted molar refractivity (Wildman–Crippen MR) is 112 cm³/mol. The minimum atomic E-state index is -3.64. The number of ether oxygens (including phenoxy) is 1. The number of carbonyl (C=O) groups is 2. The Hall–Kier alpha value is -2.31. The molecule has 0 bridgehead atoms. The van der Waals surface area contributed by atoms with Gasteiger partial charge in [0.25, 0.3) is 5.91 Å². The molecule has 2 amide bonds. The SMILES string of the molecule is CC(C)S(=O)(=O)N1C[C@H](C(=O)N2CCN(c3ncccn3)CC2)[C@@]2(C1)OCCNC2=O. The van der Waals surface area contributed by atoms with Crippen molar-refractivity contribution in [3.05, 3.63) is 18.5 Å². The van der Waals surface area contributed by atoms with Crippen LogP contribution >= 0.6 is 0 Å². The Morgan fingerprint density at radius 1 is 1.23 bits per heavy atom. The lowest BCUT2D eigenvalue weighted by atomic mass is 9.87. The highest BCUT2D eigenvalue weighted by atomic mass is 32.2. The van der Waals surface area contributed by atoms with Gasteiger partial charge >= 0.3 is 0 Å². The first-order valence-corrected chi connectivity index (χ1v) is 12.0. The zero-order valence-corrected chi connectivity index (χ0v) is 18.5. The summed E-state index contributed by atoms with van der Waals surface area (Å²) in [6.07, 6.45) is 3.34. The van der Waals surface area contributed by atoms with Crippen LogP contribution in [0.5, 0.6) is 0 Å². The average molecular weight is 453 g/mol. The van der Waals surface area contributed by atoms with Crippen LogP contribution < -0.4 is 10.2 Å². The number of aromatic nitrogens is 2. The van der Waals surface area contributed by atoms with E-state index in [0.717, 1.165) is 0 Å². The molecule has 3 aliphatic heterocycles. The Morgan fingerprint density at radius 2 is 1.90 bits per heavy atom. The first kappa shape index (κ1) is 21.9. The lowest BCUT2D eigenvalue weighted by Crippen LogP contribution is -2.63. The van der Waals surface area contributed by atoms with Crippen molar-refractivity contribution < 1.29 is 22.7 Å². The highest BCUT2D eigenvalue weighted by molar-refractivity contribution is 7.89. The molecule has 3 aliphatic rings. The summed E-state index contributed by atoms with van der Waals surface area (Å²) in [6, 6.07) is 1.75. The van der Waals surface area contributed by atoms with Gasteiger partial charge in [0.15, 0.2) is 5.60 Å². The molecule has 0 aromatic carbocycles. The number of nitrogens with one attached hydrogen (secondary N) is 1. The normalized spacial score (nSPS) is 27.7.